The molecule has 130 valence electrons. The standard InChI is InChI=1S/C16H27N3O3S/c1-12(2)18-10-16(17-11-18)23(21,22)19-9-5-7-14(19)13-6-3-4-8-15(13)20/h10-15,20H,3-9H2,1-2H3. The quantitative estimate of drug-likeness (QED) is 0.911. The minimum Gasteiger partial charge on any atom is -0.393 e. The van der Waals surface area contributed by atoms with Crippen LogP contribution < -0.4 is 0 Å². The van der Waals surface area contributed by atoms with Crippen LogP contribution in [-0.2, 0) is 10.0 Å². The van der Waals surface area contributed by atoms with E-state index in [0.717, 1.165) is 38.5 Å². The molecule has 1 saturated heterocycles. The van der Waals surface area contributed by atoms with E-state index in [1.54, 1.807) is 16.8 Å². The Morgan fingerprint density at radius 3 is 2.61 bits per heavy atom. The SMILES string of the molecule is CC(C)n1cnc(S(=O)(=O)N2CCCC2C2CCCCC2O)c1. The van der Waals surface area contributed by atoms with Crippen LogP contribution in [-0.4, -0.2) is 46.1 Å². The average molecular weight is 341 g/mol. The minimum absolute atomic E-state index is 0.0632. The van der Waals surface area contributed by atoms with Gasteiger partial charge in [0.15, 0.2) is 5.03 Å². The van der Waals surface area contributed by atoms with Crippen LogP contribution in [0.4, 0.5) is 0 Å². The number of aromatic nitrogens is 2. The Morgan fingerprint density at radius 1 is 1.22 bits per heavy atom. The Balaban J connectivity index is 1.85. The van der Waals surface area contributed by atoms with Crippen molar-refractivity contribution in [3.63, 3.8) is 0 Å². The van der Waals surface area contributed by atoms with E-state index in [9.17, 15) is 13.5 Å². The summed E-state index contributed by atoms with van der Waals surface area (Å²) in [6.45, 7) is 4.52. The van der Waals surface area contributed by atoms with Crippen molar-refractivity contribution in [2.45, 2.75) is 75.6 Å². The van der Waals surface area contributed by atoms with Crippen molar-refractivity contribution in [2.24, 2.45) is 5.92 Å². The molecule has 3 unspecified atom stereocenters. The summed E-state index contributed by atoms with van der Waals surface area (Å²) in [6.07, 6.45) is 8.34. The topological polar surface area (TPSA) is 75.4 Å². The molecule has 3 atom stereocenters. The molecule has 0 radical (unpaired) electrons. The molecule has 3 rings (SSSR count). The first kappa shape index (κ1) is 16.9. The Hall–Kier alpha value is -0.920. The molecule has 1 aliphatic carbocycles. The highest BCUT2D eigenvalue weighted by molar-refractivity contribution is 7.89. The lowest BCUT2D eigenvalue weighted by atomic mass is 9.81. The maximum absolute atomic E-state index is 13.0. The Labute approximate surface area is 138 Å². The van der Waals surface area contributed by atoms with E-state index in [2.05, 4.69) is 4.98 Å². The fourth-order valence-corrected chi connectivity index (χ4v) is 5.60. The van der Waals surface area contributed by atoms with Crippen molar-refractivity contribution in [1.29, 1.82) is 0 Å². The molecule has 1 saturated carbocycles. The second-order valence-electron chi connectivity index (χ2n) is 7.09. The summed E-state index contributed by atoms with van der Waals surface area (Å²) in [5.41, 5.74) is 0. The first-order chi connectivity index (χ1) is 10.9. The molecular formula is C16H27N3O3S. The summed E-state index contributed by atoms with van der Waals surface area (Å²) in [7, 11) is -3.58. The fraction of sp³-hybridized carbons (Fsp3) is 0.812. The third kappa shape index (κ3) is 3.19. The number of rotatable bonds is 4. The van der Waals surface area contributed by atoms with Gasteiger partial charge in [-0.15, -0.1) is 0 Å². The first-order valence-electron chi connectivity index (χ1n) is 8.64. The van der Waals surface area contributed by atoms with Gasteiger partial charge in [-0.1, -0.05) is 12.8 Å². The van der Waals surface area contributed by atoms with E-state index in [1.165, 1.54) is 0 Å². The molecule has 1 aromatic rings. The number of hydrogen-bond donors (Lipinski definition) is 1. The number of sulfonamides is 1. The van der Waals surface area contributed by atoms with E-state index in [-0.39, 0.29) is 29.1 Å². The molecule has 6 nitrogen and oxygen atoms in total. The van der Waals surface area contributed by atoms with Crippen LogP contribution in [0.25, 0.3) is 0 Å². The van der Waals surface area contributed by atoms with Gasteiger partial charge in [0.2, 0.25) is 0 Å². The molecule has 1 N–H and O–H groups in total. The van der Waals surface area contributed by atoms with E-state index in [1.807, 2.05) is 18.4 Å². The van der Waals surface area contributed by atoms with Gasteiger partial charge in [-0.2, -0.15) is 4.31 Å². The summed E-state index contributed by atoms with van der Waals surface area (Å²) in [4.78, 5) is 4.12. The molecule has 2 heterocycles. The molecule has 1 aromatic heterocycles. The monoisotopic (exact) mass is 341 g/mol. The van der Waals surface area contributed by atoms with Gasteiger partial charge < -0.3 is 9.67 Å². The molecule has 1 aliphatic heterocycles. The van der Waals surface area contributed by atoms with E-state index in [0.29, 0.717) is 6.54 Å². The van der Waals surface area contributed by atoms with Gasteiger partial charge in [0.05, 0.1) is 12.4 Å². The third-order valence-electron chi connectivity index (χ3n) is 5.27. The first-order valence-corrected chi connectivity index (χ1v) is 10.1. The molecule has 2 fully saturated rings. The zero-order valence-electron chi connectivity index (χ0n) is 13.9. The van der Waals surface area contributed by atoms with Crippen LogP contribution in [0.15, 0.2) is 17.6 Å². The molecule has 23 heavy (non-hydrogen) atoms. The third-order valence-corrected chi connectivity index (χ3v) is 7.08. The second-order valence-corrected chi connectivity index (χ2v) is 8.93. The Bertz CT molecular complexity index is 641. The summed E-state index contributed by atoms with van der Waals surface area (Å²) in [5.74, 6) is 0.0632. The van der Waals surface area contributed by atoms with Gasteiger partial charge in [0.25, 0.3) is 10.0 Å². The largest absolute Gasteiger partial charge is 0.393 e. The van der Waals surface area contributed by atoms with Gasteiger partial charge in [-0.25, -0.2) is 13.4 Å². The van der Waals surface area contributed by atoms with Gasteiger partial charge in [0.1, 0.15) is 0 Å². The molecular weight excluding hydrogens is 314 g/mol. The van der Waals surface area contributed by atoms with Crippen molar-refractivity contribution >= 4 is 10.0 Å². The van der Waals surface area contributed by atoms with Crippen molar-refractivity contribution in [1.82, 2.24) is 13.9 Å². The minimum atomic E-state index is -3.58. The lowest BCUT2D eigenvalue weighted by Crippen LogP contribution is -2.45. The summed E-state index contributed by atoms with van der Waals surface area (Å²) in [6, 6.07) is 0.0977. The zero-order chi connectivity index (χ0) is 16.6. The van der Waals surface area contributed by atoms with Crippen molar-refractivity contribution < 1.29 is 13.5 Å². The van der Waals surface area contributed by atoms with Gasteiger partial charge in [-0.3, -0.25) is 0 Å². The summed E-state index contributed by atoms with van der Waals surface area (Å²) < 4.78 is 29.4. The zero-order valence-corrected chi connectivity index (χ0v) is 14.7. The molecule has 0 bridgehead atoms. The normalized spacial score (nSPS) is 30.2. The predicted octanol–water partition coefficient (Wildman–Crippen LogP) is 2.17. The van der Waals surface area contributed by atoms with Gasteiger partial charge in [0, 0.05) is 30.7 Å². The van der Waals surface area contributed by atoms with E-state index >= 15 is 0 Å². The lowest BCUT2D eigenvalue weighted by molar-refractivity contribution is 0.0386. The van der Waals surface area contributed by atoms with E-state index in [4.69, 9.17) is 0 Å². The average Bonchev–Trinajstić information content (AvgIpc) is 3.17. The highest BCUT2D eigenvalue weighted by atomic mass is 32.2. The van der Waals surface area contributed by atoms with Crippen LogP contribution in [0, 0.1) is 5.92 Å². The van der Waals surface area contributed by atoms with Crippen LogP contribution >= 0.6 is 0 Å². The maximum atomic E-state index is 13.0. The van der Waals surface area contributed by atoms with Crippen molar-refractivity contribution in [2.75, 3.05) is 6.54 Å². The van der Waals surface area contributed by atoms with Crippen molar-refractivity contribution in [3.05, 3.63) is 12.5 Å². The number of nitrogens with zero attached hydrogens (tertiary/aromatic N) is 3. The number of imidazole rings is 1. The van der Waals surface area contributed by atoms with E-state index < -0.39 is 10.0 Å². The van der Waals surface area contributed by atoms with Crippen LogP contribution in [0.1, 0.15) is 58.4 Å². The van der Waals surface area contributed by atoms with Crippen LogP contribution in [0.3, 0.4) is 0 Å². The highest BCUT2D eigenvalue weighted by Crippen LogP contribution is 2.37. The molecule has 0 spiro atoms. The maximum Gasteiger partial charge on any atom is 0.262 e. The van der Waals surface area contributed by atoms with Crippen LogP contribution in [0.5, 0.6) is 0 Å². The molecule has 7 heteroatoms. The van der Waals surface area contributed by atoms with Crippen molar-refractivity contribution in [3.8, 4) is 0 Å². The summed E-state index contributed by atoms with van der Waals surface area (Å²) in [5, 5.41) is 10.4. The van der Waals surface area contributed by atoms with Gasteiger partial charge >= 0.3 is 0 Å². The molecule has 0 aromatic carbocycles. The Morgan fingerprint density at radius 2 is 1.96 bits per heavy atom. The highest BCUT2D eigenvalue weighted by Gasteiger charge is 2.43. The smallest absolute Gasteiger partial charge is 0.262 e. The molecule has 2 aliphatic rings. The summed E-state index contributed by atoms with van der Waals surface area (Å²) >= 11 is 0. The van der Waals surface area contributed by atoms with Crippen LogP contribution in [0.2, 0.25) is 0 Å². The second kappa shape index (κ2) is 6.53. The predicted molar refractivity (Wildman–Crippen MR) is 87.5 cm³/mol. The molecule has 0 amide bonds. The fourth-order valence-electron chi connectivity index (χ4n) is 3.93. The number of hydrogen-bond acceptors (Lipinski definition) is 4. The Kier molecular flexibility index (Phi) is 4.80. The van der Waals surface area contributed by atoms with Gasteiger partial charge in [-0.05, 0) is 39.5 Å². The lowest BCUT2D eigenvalue weighted by Gasteiger charge is -2.36. The number of aliphatic hydroxyl groups is 1. The number of aliphatic hydroxyl groups excluding tert-OH is 1.